The molecule has 2 heterocycles. The maximum absolute atomic E-state index is 6.17. The Labute approximate surface area is 168 Å². The van der Waals surface area contributed by atoms with E-state index in [1.165, 1.54) is 0 Å². The van der Waals surface area contributed by atoms with Crippen LogP contribution in [0.3, 0.4) is 0 Å². The summed E-state index contributed by atoms with van der Waals surface area (Å²) in [6.45, 7) is 4.33. The fourth-order valence-electron chi connectivity index (χ4n) is 3.77. The SMILES string of the molecule is C=C1c2ccc(Cl)cc2NC1c1ccccc1-c1ncc(-c2ccccc2)[nH]1. The second-order valence-electron chi connectivity index (χ2n) is 6.89. The Morgan fingerprint density at radius 2 is 1.68 bits per heavy atom. The highest BCUT2D eigenvalue weighted by atomic mass is 35.5. The molecular formula is C24H18ClN3. The third-order valence-corrected chi connectivity index (χ3v) is 5.40. The quantitative estimate of drug-likeness (QED) is 0.419. The molecule has 28 heavy (non-hydrogen) atoms. The number of benzene rings is 3. The molecule has 3 nitrogen and oxygen atoms in total. The summed E-state index contributed by atoms with van der Waals surface area (Å²) >= 11 is 6.17. The van der Waals surface area contributed by atoms with Crippen molar-refractivity contribution in [3.63, 3.8) is 0 Å². The van der Waals surface area contributed by atoms with Crippen molar-refractivity contribution < 1.29 is 0 Å². The van der Waals surface area contributed by atoms with Crippen molar-refractivity contribution >= 4 is 22.9 Å². The van der Waals surface area contributed by atoms with Crippen LogP contribution in [0.2, 0.25) is 5.02 Å². The average molecular weight is 384 g/mol. The molecule has 1 aliphatic heterocycles. The van der Waals surface area contributed by atoms with Crippen molar-refractivity contribution in [2.75, 3.05) is 5.32 Å². The van der Waals surface area contributed by atoms with E-state index in [2.05, 4.69) is 46.1 Å². The zero-order valence-corrected chi connectivity index (χ0v) is 15.9. The fourth-order valence-corrected chi connectivity index (χ4v) is 3.94. The predicted octanol–water partition coefficient (Wildman–Crippen LogP) is 6.58. The summed E-state index contributed by atoms with van der Waals surface area (Å²) in [7, 11) is 0. The normalized spacial score (nSPS) is 15.3. The molecule has 0 radical (unpaired) electrons. The molecule has 1 atom stereocenters. The van der Waals surface area contributed by atoms with Gasteiger partial charge in [-0.25, -0.2) is 4.98 Å². The lowest BCUT2D eigenvalue weighted by atomic mass is 9.94. The van der Waals surface area contributed by atoms with Crippen LogP contribution in [0.25, 0.3) is 28.2 Å². The van der Waals surface area contributed by atoms with Gasteiger partial charge in [0.15, 0.2) is 0 Å². The fraction of sp³-hybridized carbons (Fsp3) is 0.0417. The first-order chi connectivity index (χ1) is 13.7. The Kier molecular flexibility index (Phi) is 4.03. The lowest BCUT2D eigenvalue weighted by Crippen LogP contribution is -2.06. The van der Waals surface area contributed by atoms with Gasteiger partial charge < -0.3 is 10.3 Å². The third kappa shape index (κ3) is 2.81. The van der Waals surface area contributed by atoms with Crippen LogP contribution in [0.1, 0.15) is 17.2 Å². The number of imidazole rings is 1. The number of anilines is 1. The molecule has 136 valence electrons. The summed E-state index contributed by atoms with van der Waals surface area (Å²) in [5, 5.41) is 4.28. The first kappa shape index (κ1) is 16.8. The molecule has 0 fully saturated rings. The van der Waals surface area contributed by atoms with Gasteiger partial charge in [-0.1, -0.05) is 78.8 Å². The van der Waals surface area contributed by atoms with Gasteiger partial charge in [0.25, 0.3) is 0 Å². The van der Waals surface area contributed by atoms with Crippen molar-refractivity contribution in [2.24, 2.45) is 0 Å². The lowest BCUT2D eigenvalue weighted by molar-refractivity contribution is 1.04. The second-order valence-corrected chi connectivity index (χ2v) is 7.33. The molecule has 1 aliphatic rings. The monoisotopic (exact) mass is 383 g/mol. The molecule has 0 bridgehead atoms. The van der Waals surface area contributed by atoms with Crippen LogP contribution in [0.5, 0.6) is 0 Å². The third-order valence-electron chi connectivity index (χ3n) is 5.16. The maximum Gasteiger partial charge on any atom is 0.138 e. The number of aromatic amines is 1. The summed E-state index contributed by atoms with van der Waals surface area (Å²) in [5.41, 5.74) is 7.46. The lowest BCUT2D eigenvalue weighted by Gasteiger charge is -2.17. The summed E-state index contributed by atoms with van der Waals surface area (Å²) in [6, 6.07) is 24.4. The minimum atomic E-state index is -0.0186. The van der Waals surface area contributed by atoms with Gasteiger partial charge in [0.2, 0.25) is 0 Å². The van der Waals surface area contributed by atoms with E-state index >= 15 is 0 Å². The zero-order chi connectivity index (χ0) is 19.1. The zero-order valence-electron chi connectivity index (χ0n) is 15.1. The van der Waals surface area contributed by atoms with Gasteiger partial charge in [-0.05, 0) is 28.8 Å². The van der Waals surface area contributed by atoms with Crippen molar-refractivity contribution in [1.29, 1.82) is 0 Å². The first-order valence-electron chi connectivity index (χ1n) is 9.16. The van der Waals surface area contributed by atoms with E-state index in [1.807, 2.05) is 54.7 Å². The summed E-state index contributed by atoms with van der Waals surface area (Å²) < 4.78 is 0. The average Bonchev–Trinajstić information content (AvgIpc) is 3.34. The molecule has 2 N–H and O–H groups in total. The number of halogens is 1. The summed E-state index contributed by atoms with van der Waals surface area (Å²) in [4.78, 5) is 8.11. The Morgan fingerprint density at radius 1 is 0.893 bits per heavy atom. The molecule has 0 saturated carbocycles. The largest absolute Gasteiger partial charge is 0.374 e. The number of hydrogen-bond donors (Lipinski definition) is 2. The maximum atomic E-state index is 6.17. The van der Waals surface area contributed by atoms with Crippen molar-refractivity contribution in [2.45, 2.75) is 6.04 Å². The van der Waals surface area contributed by atoms with Crippen molar-refractivity contribution in [3.05, 3.63) is 102 Å². The Hall–Kier alpha value is -3.30. The van der Waals surface area contributed by atoms with Gasteiger partial charge >= 0.3 is 0 Å². The van der Waals surface area contributed by atoms with Crippen LogP contribution in [0.15, 0.2) is 85.6 Å². The van der Waals surface area contributed by atoms with E-state index in [0.29, 0.717) is 5.02 Å². The number of rotatable bonds is 3. The van der Waals surface area contributed by atoms with E-state index < -0.39 is 0 Å². The minimum Gasteiger partial charge on any atom is -0.374 e. The van der Waals surface area contributed by atoms with E-state index in [1.54, 1.807) is 0 Å². The first-order valence-corrected chi connectivity index (χ1v) is 9.53. The standard InChI is InChI=1S/C24H18ClN3/c1-15-18-12-11-17(25)13-21(18)27-23(15)19-9-5-6-10-20(19)24-26-14-22(28-24)16-7-3-2-4-8-16/h2-14,23,27H,1H2,(H,26,28). The highest BCUT2D eigenvalue weighted by molar-refractivity contribution is 6.31. The van der Waals surface area contributed by atoms with Gasteiger partial charge in [0.1, 0.15) is 5.82 Å². The van der Waals surface area contributed by atoms with E-state index in [4.69, 9.17) is 11.6 Å². The molecular weight excluding hydrogens is 366 g/mol. The molecule has 0 saturated heterocycles. The Balaban J connectivity index is 1.55. The number of nitrogens with one attached hydrogen (secondary N) is 2. The Bertz CT molecular complexity index is 1180. The number of aromatic nitrogens is 2. The molecule has 0 amide bonds. The molecule has 4 aromatic rings. The smallest absolute Gasteiger partial charge is 0.138 e. The van der Waals surface area contributed by atoms with Crippen molar-refractivity contribution in [3.8, 4) is 22.6 Å². The van der Waals surface area contributed by atoms with Crippen LogP contribution in [0, 0.1) is 0 Å². The van der Waals surface area contributed by atoms with E-state index in [9.17, 15) is 0 Å². The van der Waals surface area contributed by atoms with Crippen LogP contribution < -0.4 is 5.32 Å². The summed E-state index contributed by atoms with van der Waals surface area (Å²) in [6.07, 6.45) is 1.88. The van der Waals surface area contributed by atoms with Crippen molar-refractivity contribution in [1.82, 2.24) is 9.97 Å². The van der Waals surface area contributed by atoms with Gasteiger partial charge in [-0.15, -0.1) is 0 Å². The highest BCUT2D eigenvalue weighted by Gasteiger charge is 2.28. The number of H-pyrrole nitrogens is 1. The topological polar surface area (TPSA) is 40.7 Å². The predicted molar refractivity (Wildman–Crippen MR) is 116 cm³/mol. The van der Waals surface area contributed by atoms with Crippen LogP contribution in [-0.2, 0) is 0 Å². The summed E-state index contributed by atoms with van der Waals surface area (Å²) in [5.74, 6) is 0.845. The van der Waals surface area contributed by atoms with Crippen LogP contribution in [-0.4, -0.2) is 9.97 Å². The number of hydrogen-bond acceptors (Lipinski definition) is 2. The number of nitrogens with zero attached hydrogens (tertiary/aromatic N) is 1. The second kappa shape index (κ2) is 6.70. The molecule has 1 unspecified atom stereocenters. The Morgan fingerprint density at radius 3 is 2.54 bits per heavy atom. The van der Waals surface area contributed by atoms with Gasteiger partial charge in [0.05, 0.1) is 17.9 Å². The van der Waals surface area contributed by atoms with Gasteiger partial charge in [-0.2, -0.15) is 0 Å². The minimum absolute atomic E-state index is 0.0186. The molecule has 1 aromatic heterocycles. The van der Waals surface area contributed by atoms with E-state index in [-0.39, 0.29) is 6.04 Å². The molecule has 0 aliphatic carbocycles. The number of fused-ring (bicyclic) bond motifs is 1. The van der Waals surface area contributed by atoms with Crippen LogP contribution in [0.4, 0.5) is 5.69 Å². The molecule has 5 rings (SSSR count). The van der Waals surface area contributed by atoms with Crippen LogP contribution >= 0.6 is 11.6 Å². The van der Waals surface area contributed by atoms with E-state index in [0.717, 1.165) is 45.0 Å². The van der Waals surface area contributed by atoms with Gasteiger partial charge in [0, 0.05) is 21.8 Å². The molecule has 0 spiro atoms. The van der Waals surface area contributed by atoms with Gasteiger partial charge in [-0.3, -0.25) is 0 Å². The highest BCUT2D eigenvalue weighted by Crippen LogP contribution is 2.45. The molecule has 4 heteroatoms. The molecule has 3 aromatic carbocycles.